The summed E-state index contributed by atoms with van der Waals surface area (Å²) in [6.45, 7) is 0. The van der Waals surface area contributed by atoms with E-state index in [4.69, 9.17) is 4.18 Å². The summed E-state index contributed by atoms with van der Waals surface area (Å²) in [6, 6.07) is 6.52. The Labute approximate surface area is 142 Å². The highest BCUT2D eigenvalue weighted by atomic mass is 32.2. The predicted octanol–water partition coefficient (Wildman–Crippen LogP) is 3.18. The minimum Gasteiger partial charge on any atom is -0.383 e. The Bertz CT molecular complexity index is 718. The maximum atomic E-state index is 12.9. The van der Waals surface area contributed by atoms with Gasteiger partial charge in [0.1, 0.15) is 5.75 Å². The Hall–Kier alpha value is -1.56. The summed E-state index contributed by atoms with van der Waals surface area (Å²) in [4.78, 5) is 12.9. The summed E-state index contributed by atoms with van der Waals surface area (Å²) in [6.07, 6.45) is 8.02. The molecule has 1 N–H and O–H groups in total. The standard InChI is InChI=1S/C18H23NO4S/c1-24(21,22)23-16-4-2-15(3-5-16)19-17(20)18-9-12-6-13(10-18)8-14(7-12)11-18/h2-5,12-14H,6-11H2,1H3,(H,19,20). The van der Waals surface area contributed by atoms with Crippen LogP contribution in [0.25, 0.3) is 0 Å². The van der Waals surface area contributed by atoms with Crippen molar-refractivity contribution in [3.63, 3.8) is 0 Å². The number of carbonyl (C=O) groups excluding carboxylic acids is 1. The molecule has 5 nitrogen and oxygen atoms in total. The van der Waals surface area contributed by atoms with Gasteiger partial charge in [-0.2, -0.15) is 8.42 Å². The van der Waals surface area contributed by atoms with Crippen molar-refractivity contribution in [1.82, 2.24) is 0 Å². The Morgan fingerprint density at radius 1 is 1.04 bits per heavy atom. The van der Waals surface area contributed by atoms with Gasteiger partial charge < -0.3 is 9.50 Å². The summed E-state index contributed by atoms with van der Waals surface area (Å²) < 4.78 is 27.1. The lowest BCUT2D eigenvalue weighted by molar-refractivity contribution is -0.140. The lowest BCUT2D eigenvalue weighted by atomic mass is 9.49. The lowest BCUT2D eigenvalue weighted by Gasteiger charge is -2.55. The van der Waals surface area contributed by atoms with E-state index in [0.29, 0.717) is 5.69 Å². The van der Waals surface area contributed by atoms with Crippen molar-refractivity contribution in [3.8, 4) is 5.75 Å². The number of carbonyl (C=O) groups is 1. The van der Waals surface area contributed by atoms with Crippen molar-refractivity contribution in [3.05, 3.63) is 24.3 Å². The lowest BCUT2D eigenvalue weighted by Crippen LogP contribution is -2.51. The van der Waals surface area contributed by atoms with Crippen molar-refractivity contribution < 1.29 is 17.4 Å². The molecule has 5 rings (SSSR count). The Balaban J connectivity index is 1.46. The second-order valence-corrected chi connectivity index (χ2v) is 9.54. The van der Waals surface area contributed by atoms with Crippen LogP contribution in [0.1, 0.15) is 38.5 Å². The van der Waals surface area contributed by atoms with Crippen LogP contribution in [0.5, 0.6) is 5.75 Å². The molecule has 4 fully saturated rings. The molecule has 4 aliphatic carbocycles. The normalized spacial score (nSPS) is 34.1. The number of rotatable bonds is 4. The molecular weight excluding hydrogens is 326 g/mol. The highest BCUT2D eigenvalue weighted by Gasteiger charge is 2.54. The monoisotopic (exact) mass is 349 g/mol. The van der Waals surface area contributed by atoms with Crippen LogP contribution in [0.2, 0.25) is 0 Å². The molecular formula is C18H23NO4S. The number of anilines is 1. The highest BCUT2D eigenvalue weighted by Crippen LogP contribution is 2.60. The second-order valence-electron chi connectivity index (χ2n) is 7.96. The van der Waals surface area contributed by atoms with E-state index in [2.05, 4.69) is 5.32 Å². The minimum atomic E-state index is -3.53. The van der Waals surface area contributed by atoms with E-state index < -0.39 is 10.1 Å². The topological polar surface area (TPSA) is 72.5 Å². The Kier molecular flexibility index (Phi) is 3.64. The molecule has 1 aromatic rings. The zero-order valence-corrected chi connectivity index (χ0v) is 14.6. The van der Waals surface area contributed by atoms with Crippen LogP contribution in [0.4, 0.5) is 5.69 Å². The van der Waals surface area contributed by atoms with Gasteiger partial charge in [-0.15, -0.1) is 0 Å². The molecule has 130 valence electrons. The highest BCUT2D eigenvalue weighted by molar-refractivity contribution is 7.86. The van der Waals surface area contributed by atoms with Gasteiger partial charge in [-0.3, -0.25) is 4.79 Å². The van der Waals surface area contributed by atoms with Crippen LogP contribution in [0.3, 0.4) is 0 Å². The average Bonchev–Trinajstić information content (AvgIpc) is 2.46. The molecule has 4 saturated carbocycles. The molecule has 0 saturated heterocycles. The van der Waals surface area contributed by atoms with E-state index in [1.54, 1.807) is 24.3 Å². The minimum absolute atomic E-state index is 0.137. The van der Waals surface area contributed by atoms with Gasteiger partial charge in [0, 0.05) is 5.69 Å². The van der Waals surface area contributed by atoms with Crippen molar-refractivity contribution in [2.45, 2.75) is 38.5 Å². The largest absolute Gasteiger partial charge is 0.383 e. The first-order valence-electron chi connectivity index (χ1n) is 8.62. The van der Waals surface area contributed by atoms with Crippen molar-refractivity contribution in [2.24, 2.45) is 23.2 Å². The van der Waals surface area contributed by atoms with E-state index in [9.17, 15) is 13.2 Å². The number of amides is 1. The molecule has 4 bridgehead atoms. The van der Waals surface area contributed by atoms with Crippen LogP contribution in [0.15, 0.2) is 24.3 Å². The van der Waals surface area contributed by atoms with Crippen LogP contribution in [-0.2, 0) is 14.9 Å². The van der Waals surface area contributed by atoms with Crippen LogP contribution < -0.4 is 9.50 Å². The van der Waals surface area contributed by atoms with E-state index in [0.717, 1.165) is 43.3 Å². The first-order valence-corrected chi connectivity index (χ1v) is 10.4. The third-order valence-electron chi connectivity index (χ3n) is 5.88. The fourth-order valence-corrected chi connectivity index (χ4v) is 5.88. The second kappa shape index (κ2) is 5.48. The quantitative estimate of drug-likeness (QED) is 0.848. The van der Waals surface area contributed by atoms with Gasteiger partial charge in [0.25, 0.3) is 0 Å². The molecule has 0 atom stereocenters. The Morgan fingerprint density at radius 2 is 1.54 bits per heavy atom. The molecule has 4 aliphatic rings. The van der Waals surface area contributed by atoms with Gasteiger partial charge in [0.15, 0.2) is 0 Å². The number of hydrogen-bond donors (Lipinski definition) is 1. The molecule has 1 aromatic carbocycles. The van der Waals surface area contributed by atoms with Crippen LogP contribution in [-0.4, -0.2) is 20.6 Å². The molecule has 24 heavy (non-hydrogen) atoms. The molecule has 0 aromatic heterocycles. The fraction of sp³-hybridized carbons (Fsp3) is 0.611. The van der Waals surface area contributed by atoms with Crippen LogP contribution >= 0.6 is 0 Å². The average molecular weight is 349 g/mol. The first-order chi connectivity index (χ1) is 11.3. The summed E-state index contributed by atoms with van der Waals surface area (Å²) in [5.41, 5.74) is 0.507. The zero-order chi connectivity index (χ0) is 16.9. The summed E-state index contributed by atoms with van der Waals surface area (Å²) in [5, 5.41) is 3.05. The molecule has 6 heteroatoms. The van der Waals surface area contributed by atoms with Gasteiger partial charge in [0.05, 0.1) is 11.7 Å². The van der Waals surface area contributed by atoms with Gasteiger partial charge in [0.2, 0.25) is 5.91 Å². The zero-order valence-electron chi connectivity index (χ0n) is 13.8. The number of hydrogen-bond acceptors (Lipinski definition) is 4. The number of nitrogens with one attached hydrogen (secondary N) is 1. The predicted molar refractivity (Wildman–Crippen MR) is 91.1 cm³/mol. The van der Waals surface area contributed by atoms with Gasteiger partial charge >= 0.3 is 10.1 Å². The molecule has 0 aliphatic heterocycles. The van der Waals surface area contributed by atoms with Crippen LogP contribution in [0, 0.1) is 23.2 Å². The Morgan fingerprint density at radius 3 is 2.00 bits per heavy atom. The van der Waals surface area contributed by atoms with Crippen molar-refractivity contribution >= 4 is 21.7 Å². The third-order valence-corrected chi connectivity index (χ3v) is 6.37. The molecule has 0 unspecified atom stereocenters. The summed E-state index contributed by atoms with van der Waals surface area (Å²) >= 11 is 0. The molecule has 1 amide bonds. The molecule has 0 heterocycles. The number of benzene rings is 1. The van der Waals surface area contributed by atoms with Gasteiger partial charge in [-0.05, 0) is 80.5 Å². The summed E-state index contributed by atoms with van der Waals surface area (Å²) in [5.74, 6) is 2.58. The van der Waals surface area contributed by atoms with E-state index >= 15 is 0 Å². The van der Waals surface area contributed by atoms with E-state index in [1.807, 2.05) is 0 Å². The van der Waals surface area contributed by atoms with E-state index in [-0.39, 0.29) is 17.1 Å². The smallest absolute Gasteiger partial charge is 0.306 e. The summed E-state index contributed by atoms with van der Waals surface area (Å²) in [7, 11) is -3.53. The SMILES string of the molecule is CS(=O)(=O)Oc1ccc(NC(=O)C23CC4CC(CC(C4)C2)C3)cc1. The maximum Gasteiger partial charge on any atom is 0.306 e. The third kappa shape index (κ3) is 3.04. The first kappa shape index (κ1) is 15.9. The van der Waals surface area contributed by atoms with Crippen molar-refractivity contribution in [2.75, 3.05) is 11.6 Å². The van der Waals surface area contributed by atoms with Crippen molar-refractivity contribution in [1.29, 1.82) is 0 Å². The fourth-order valence-electron chi connectivity index (χ4n) is 5.42. The molecule has 0 spiro atoms. The van der Waals surface area contributed by atoms with Gasteiger partial charge in [-0.1, -0.05) is 0 Å². The van der Waals surface area contributed by atoms with Gasteiger partial charge in [-0.25, -0.2) is 0 Å². The van der Waals surface area contributed by atoms with E-state index in [1.165, 1.54) is 19.3 Å². The maximum absolute atomic E-state index is 12.9. The molecule has 0 radical (unpaired) electrons.